The third-order valence-electron chi connectivity index (χ3n) is 3.51. The number of carbonyl (C=O) groups excluding carboxylic acids is 3. The van der Waals surface area contributed by atoms with E-state index in [2.05, 4.69) is 10.6 Å². The maximum atomic E-state index is 12.2. The smallest absolute Gasteiger partial charge is 0.249 e. The number of nitrogens with one attached hydrogen (secondary N) is 2. The Morgan fingerprint density at radius 1 is 1.33 bits per heavy atom. The minimum absolute atomic E-state index is 0.0161. The second kappa shape index (κ2) is 5.48. The van der Waals surface area contributed by atoms with Gasteiger partial charge in [-0.25, -0.2) is 0 Å². The van der Waals surface area contributed by atoms with Crippen LogP contribution in [0.5, 0.6) is 0 Å². The van der Waals surface area contributed by atoms with Gasteiger partial charge in [-0.15, -0.1) is 0 Å². The number of piperidine rings is 2. The topological polar surface area (TPSA) is 78.5 Å². The molecule has 2 aliphatic rings. The van der Waals surface area contributed by atoms with E-state index < -0.39 is 6.04 Å². The number of likely N-dealkylation sites (tertiary alicyclic amines) is 1. The first-order chi connectivity index (χ1) is 8.63. The standard InChI is InChI=1S/C12H19N3O3/c1-2-13-8-4-3-7-15(12(8)18)9-5-6-10(16)14-11(9)17/h8-9,13H,2-7H2,1H3,(H,14,16,17). The molecule has 6 heteroatoms. The van der Waals surface area contributed by atoms with Crippen LogP contribution in [0.3, 0.4) is 0 Å². The summed E-state index contributed by atoms with van der Waals surface area (Å²) in [5, 5.41) is 5.44. The van der Waals surface area contributed by atoms with Crippen LogP contribution >= 0.6 is 0 Å². The van der Waals surface area contributed by atoms with E-state index in [4.69, 9.17) is 0 Å². The first kappa shape index (κ1) is 13.0. The Balaban J connectivity index is 2.05. The molecule has 0 saturated carbocycles. The lowest BCUT2D eigenvalue weighted by Gasteiger charge is -2.38. The third kappa shape index (κ3) is 2.53. The van der Waals surface area contributed by atoms with Crippen molar-refractivity contribution in [2.24, 2.45) is 0 Å². The molecule has 6 nitrogen and oxygen atoms in total. The molecule has 2 saturated heterocycles. The lowest BCUT2D eigenvalue weighted by Crippen LogP contribution is -2.60. The van der Waals surface area contributed by atoms with E-state index >= 15 is 0 Å². The lowest BCUT2D eigenvalue weighted by atomic mass is 9.98. The van der Waals surface area contributed by atoms with Gasteiger partial charge in [-0.05, 0) is 25.8 Å². The summed E-state index contributed by atoms with van der Waals surface area (Å²) in [6.07, 6.45) is 2.46. The molecule has 2 fully saturated rings. The predicted octanol–water partition coefficient (Wildman–Crippen LogP) is -0.608. The highest BCUT2D eigenvalue weighted by atomic mass is 16.2. The number of amides is 3. The molecule has 0 aromatic carbocycles. The van der Waals surface area contributed by atoms with Gasteiger partial charge in [0.15, 0.2) is 0 Å². The van der Waals surface area contributed by atoms with Gasteiger partial charge in [0, 0.05) is 13.0 Å². The maximum absolute atomic E-state index is 12.2. The number of nitrogens with zero attached hydrogens (tertiary/aromatic N) is 1. The molecule has 3 amide bonds. The van der Waals surface area contributed by atoms with Crippen molar-refractivity contribution in [3.05, 3.63) is 0 Å². The lowest BCUT2D eigenvalue weighted by molar-refractivity contribution is -0.148. The maximum Gasteiger partial charge on any atom is 0.249 e. The molecule has 0 radical (unpaired) electrons. The highest BCUT2D eigenvalue weighted by molar-refractivity contribution is 6.02. The van der Waals surface area contributed by atoms with Crippen LogP contribution < -0.4 is 10.6 Å². The third-order valence-corrected chi connectivity index (χ3v) is 3.51. The van der Waals surface area contributed by atoms with Crippen LogP contribution in [0.4, 0.5) is 0 Å². The molecule has 2 atom stereocenters. The SMILES string of the molecule is CCNC1CCCN(C2CCC(=O)NC2=O)C1=O. The van der Waals surface area contributed by atoms with Gasteiger partial charge in [-0.2, -0.15) is 0 Å². The van der Waals surface area contributed by atoms with Crippen molar-refractivity contribution >= 4 is 17.7 Å². The van der Waals surface area contributed by atoms with E-state index in [-0.39, 0.29) is 23.8 Å². The summed E-state index contributed by atoms with van der Waals surface area (Å²) in [5.74, 6) is -0.599. The summed E-state index contributed by atoms with van der Waals surface area (Å²) in [5.41, 5.74) is 0. The summed E-state index contributed by atoms with van der Waals surface area (Å²) in [7, 11) is 0. The minimum Gasteiger partial charge on any atom is -0.329 e. The van der Waals surface area contributed by atoms with Gasteiger partial charge in [0.1, 0.15) is 6.04 Å². The average molecular weight is 253 g/mol. The van der Waals surface area contributed by atoms with Gasteiger partial charge < -0.3 is 10.2 Å². The fourth-order valence-electron chi connectivity index (χ4n) is 2.62. The molecule has 0 aromatic heterocycles. The normalized spacial score (nSPS) is 29.4. The Morgan fingerprint density at radius 3 is 2.78 bits per heavy atom. The Hall–Kier alpha value is -1.43. The Kier molecular flexibility index (Phi) is 3.96. The monoisotopic (exact) mass is 253 g/mol. The van der Waals surface area contributed by atoms with E-state index in [0.29, 0.717) is 19.4 Å². The Bertz CT molecular complexity index is 368. The van der Waals surface area contributed by atoms with E-state index in [1.165, 1.54) is 0 Å². The van der Waals surface area contributed by atoms with Gasteiger partial charge in [-0.1, -0.05) is 6.92 Å². The molecule has 0 aromatic rings. The number of hydrogen-bond donors (Lipinski definition) is 2. The number of carbonyl (C=O) groups is 3. The second-order valence-corrected chi connectivity index (χ2v) is 4.75. The fourth-order valence-corrected chi connectivity index (χ4v) is 2.62. The zero-order valence-corrected chi connectivity index (χ0v) is 10.6. The van der Waals surface area contributed by atoms with Crippen molar-refractivity contribution in [1.82, 2.24) is 15.5 Å². The quantitative estimate of drug-likeness (QED) is 0.658. The molecular weight excluding hydrogens is 234 g/mol. The summed E-state index contributed by atoms with van der Waals surface area (Å²) < 4.78 is 0. The molecule has 2 rings (SSSR count). The van der Waals surface area contributed by atoms with Gasteiger partial charge in [0.2, 0.25) is 17.7 Å². The zero-order chi connectivity index (χ0) is 13.1. The number of rotatable bonds is 3. The highest BCUT2D eigenvalue weighted by Gasteiger charge is 2.38. The van der Waals surface area contributed by atoms with E-state index in [9.17, 15) is 14.4 Å². The van der Waals surface area contributed by atoms with Crippen molar-refractivity contribution in [3.8, 4) is 0 Å². The fraction of sp³-hybridized carbons (Fsp3) is 0.750. The molecule has 100 valence electrons. The van der Waals surface area contributed by atoms with E-state index in [1.54, 1.807) is 4.90 Å². The van der Waals surface area contributed by atoms with Crippen LogP contribution in [0.25, 0.3) is 0 Å². The molecule has 2 heterocycles. The van der Waals surface area contributed by atoms with Crippen molar-refractivity contribution < 1.29 is 14.4 Å². The molecule has 2 N–H and O–H groups in total. The molecular formula is C12H19N3O3. The van der Waals surface area contributed by atoms with Crippen LogP contribution in [0.2, 0.25) is 0 Å². The first-order valence-electron chi connectivity index (χ1n) is 6.51. The molecule has 18 heavy (non-hydrogen) atoms. The van der Waals surface area contributed by atoms with Gasteiger partial charge in [0.05, 0.1) is 6.04 Å². The number of hydrogen-bond acceptors (Lipinski definition) is 4. The van der Waals surface area contributed by atoms with Gasteiger partial charge in [-0.3, -0.25) is 19.7 Å². The van der Waals surface area contributed by atoms with E-state index in [0.717, 1.165) is 19.4 Å². The van der Waals surface area contributed by atoms with Crippen molar-refractivity contribution in [1.29, 1.82) is 0 Å². The molecule has 0 aliphatic carbocycles. The average Bonchev–Trinajstić information content (AvgIpc) is 2.33. The summed E-state index contributed by atoms with van der Waals surface area (Å²) in [6.45, 7) is 3.30. The van der Waals surface area contributed by atoms with Crippen LogP contribution in [0, 0.1) is 0 Å². The summed E-state index contributed by atoms with van der Waals surface area (Å²) in [4.78, 5) is 36.7. The van der Waals surface area contributed by atoms with Crippen LogP contribution in [0.1, 0.15) is 32.6 Å². The Morgan fingerprint density at radius 2 is 2.11 bits per heavy atom. The predicted molar refractivity (Wildman–Crippen MR) is 64.6 cm³/mol. The molecule has 2 unspecified atom stereocenters. The zero-order valence-electron chi connectivity index (χ0n) is 10.6. The van der Waals surface area contributed by atoms with Crippen molar-refractivity contribution in [3.63, 3.8) is 0 Å². The summed E-state index contributed by atoms with van der Waals surface area (Å²) in [6, 6.07) is -0.661. The Labute approximate surface area is 106 Å². The second-order valence-electron chi connectivity index (χ2n) is 4.75. The van der Waals surface area contributed by atoms with Crippen LogP contribution in [-0.4, -0.2) is 47.8 Å². The van der Waals surface area contributed by atoms with Gasteiger partial charge >= 0.3 is 0 Å². The highest BCUT2D eigenvalue weighted by Crippen LogP contribution is 2.19. The largest absolute Gasteiger partial charge is 0.329 e. The van der Waals surface area contributed by atoms with Crippen molar-refractivity contribution in [2.45, 2.75) is 44.7 Å². The van der Waals surface area contributed by atoms with Crippen LogP contribution in [0.15, 0.2) is 0 Å². The molecule has 0 bridgehead atoms. The summed E-state index contributed by atoms with van der Waals surface area (Å²) >= 11 is 0. The van der Waals surface area contributed by atoms with E-state index in [1.807, 2.05) is 6.92 Å². The first-order valence-corrected chi connectivity index (χ1v) is 6.51. The van der Waals surface area contributed by atoms with Gasteiger partial charge in [0.25, 0.3) is 0 Å². The minimum atomic E-state index is -0.475. The van der Waals surface area contributed by atoms with Crippen LogP contribution in [-0.2, 0) is 14.4 Å². The molecule has 2 aliphatic heterocycles. The number of imide groups is 1. The number of likely N-dealkylation sites (N-methyl/N-ethyl adjacent to an activating group) is 1. The molecule has 0 spiro atoms. The van der Waals surface area contributed by atoms with Crippen molar-refractivity contribution in [2.75, 3.05) is 13.1 Å².